The van der Waals surface area contributed by atoms with Gasteiger partial charge in [0.2, 0.25) is 0 Å². The first-order valence-electron chi connectivity index (χ1n) is 6.52. The quantitative estimate of drug-likeness (QED) is 0.893. The van der Waals surface area contributed by atoms with Crippen LogP contribution in [-0.4, -0.2) is 10.3 Å². The van der Waals surface area contributed by atoms with Gasteiger partial charge in [0.05, 0.1) is 0 Å². The number of nitrogens with zero attached hydrogens (tertiary/aromatic N) is 1. The molecule has 1 amide bonds. The standard InChI is InChI=1S/C15H18N2OS/c1-3-4-5-12-6-8-13(9-7-12)16-15(18)14-10-11(2)19-17-14/h6-10H,3-5H2,1-2H3,(H,16,18). The zero-order chi connectivity index (χ0) is 13.7. The summed E-state index contributed by atoms with van der Waals surface area (Å²) in [7, 11) is 0. The fourth-order valence-electron chi connectivity index (χ4n) is 1.80. The molecule has 0 aliphatic heterocycles. The molecule has 2 aromatic rings. The van der Waals surface area contributed by atoms with Crippen LogP contribution in [0.15, 0.2) is 30.3 Å². The van der Waals surface area contributed by atoms with Crippen LogP contribution in [0, 0.1) is 6.92 Å². The Hall–Kier alpha value is -1.68. The molecule has 4 heteroatoms. The fraction of sp³-hybridized carbons (Fsp3) is 0.333. The Morgan fingerprint density at radius 1 is 1.32 bits per heavy atom. The first-order valence-corrected chi connectivity index (χ1v) is 7.30. The molecule has 0 fully saturated rings. The molecule has 0 aliphatic rings. The van der Waals surface area contributed by atoms with Crippen LogP contribution >= 0.6 is 11.5 Å². The van der Waals surface area contributed by atoms with Crippen LogP contribution in [0.25, 0.3) is 0 Å². The predicted molar refractivity (Wildman–Crippen MR) is 79.9 cm³/mol. The molecule has 100 valence electrons. The van der Waals surface area contributed by atoms with Gasteiger partial charge in [-0.25, -0.2) is 0 Å². The molecule has 0 bridgehead atoms. The number of aryl methyl sites for hydroxylation is 2. The zero-order valence-corrected chi connectivity index (χ0v) is 12.1. The highest BCUT2D eigenvalue weighted by Gasteiger charge is 2.09. The normalized spacial score (nSPS) is 10.4. The minimum atomic E-state index is -0.148. The lowest BCUT2D eigenvalue weighted by atomic mass is 10.1. The molecule has 0 saturated heterocycles. The maximum Gasteiger partial charge on any atom is 0.275 e. The van der Waals surface area contributed by atoms with Crippen molar-refractivity contribution in [3.63, 3.8) is 0 Å². The average molecular weight is 274 g/mol. The molecule has 0 unspecified atom stereocenters. The number of carbonyl (C=O) groups excluding carboxylic acids is 1. The number of hydrogen-bond acceptors (Lipinski definition) is 3. The second-order valence-corrected chi connectivity index (χ2v) is 5.59. The van der Waals surface area contributed by atoms with Crippen molar-refractivity contribution >= 4 is 23.1 Å². The maximum atomic E-state index is 11.9. The van der Waals surface area contributed by atoms with Crippen LogP contribution in [-0.2, 0) is 6.42 Å². The van der Waals surface area contributed by atoms with E-state index in [2.05, 4.69) is 28.7 Å². The summed E-state index contributed by atoms with van der Waals surface area (Å²) in [5, 5.41) is 2.86. The van der Waals surface area contributed by atoms with Crippen molar-refractivity contribution in [3.05, 3.63) is 46.5 Å². The van der Waals surface area contributed by atoms with E-state index in [9.17, 15) is 4.79 Å². The average Bonchev–Trinajstić information content (AvgIpc) is 2.85. The van der Waals surface area contributed by atoms with Crippen LogP contribution in [0.3, 0.4) is 0 Å². The summed E-state index contributed by atoms with van der Waals surface area (Å²) in [4.78, 5) is 13.0. The predicted octanol–water partition coefficient (Wildman–Crippen LogP) is 4.05. The van der Waals surface area contributed by atoms with Gasteiger partial charge >= 0.3 is 0 Å². The lowest BCUT2D eigenvalue weighted by Crippen LogP contribution is -2.11. The molecule has 0 atom stereocenters. The summed E-state index contributed by atoms with van der Waals surface area (Å²) in [6.07, 6.45) is 3.49. The van der Waals surface area contributed by atoms with E-state index in [0.717, 1.165) is 17.0 Å². The summed E-state index contributed by atoms with van der Waals surface area (Å²) in [6.45, 7) is 4.13. The zero-order valence-electron chi connectivity index (χ0n) is 11.3. The Labute approximate surface area is 117 Å². The Balaban J connectivity index is 1.97. The van der Waals surface area contributed by atoms with Crippen LogP contribution < -0.4 is 5.32 Å². The Morgan fingerprint density at radius 3 is 2.63 bits per heavy atom. The lowest BCUT2D eigenvalue weighted by Gasteiger charge is -2.05. The number of nitrogens with one attached hydrogen (secondary N) is 1. The molecule has 1 N–H and O–H groups in total. The van der Waals surface area contributed by atoms with E-state index in [0.29, 0.717) is 5.69 Å². The first kappa shape index (κ1) is 13.7. The Kier molecular flexibility index (Phi) is 4.68. The molecule has 2 rings (SSSR count). The molecule has 0 saturated carbocycles. The number of amides is 1. The SMILES string of the molecule is CCCCc1ccc(NC(=O)c2cc(C)sn2)cc1. The van der Waals surface area contributed by atoms with E-state index in [-0.39, 0.29) is 5.91 Å². The smallest absolute Gasteiger partial charge is 0.275 e. The number of hydrogen-bond donors (Lipinski definition) is 1. The number of aromatic nitrogens is 1. The van der Waals surface area contributed by atoms with E-state index in [1.807, 2.05) is 19.1 Å². The fourth-order valence-corrected chi connectivity index (χ4v) is 2.35. The van der Waals surface area contributed by atoms with Gasteiger partial charge < -0.3 is 5.32 Å². The van der Waals surface area contributed by atoms with E-state index in [4.69, 9.17) is 0 Å². The summed E-state index contributed by atoms with van der Waals surface area (Å²) in [6, 6.07) is 9.83. The second kappa shape index (κ2) is 6.48. The number of benzene rings is 1. The van der Waals surface area contributed by atoms with Gasteiger partial charge in [0.15, 0.2) is 0 Å². The molecule has 0 aliphatic carbocycles. The van der Waals surface area contributed by atoms with Gasteiger partial charge in [-0.1, -0.05) is 25.5 Å². The third kappa shape index (κ3) is 3.89. The van der Waals surface area contributed by atoms with Crippen molar-refractivity contribution in [3.8, 4) is 0 Å². The van der Waals surface area contributed by atoms with Crippen LogP contribution in [0.2, 0.25) is 0 Å². The second-order valence-electron chi connectivity index (χ2n) is 4.58. The molecule has 1 aromatic carbocycles. The highest BCUT2D eigenvalue weighted by Crippen LogP contribution is 2.14. The van der Waals surface area contributed by atoms with E-state index >= 15 is 0 Å². The third-order valence-electron chi connectivity index (χ3n) is 2.89. The van der Waals surface area contributed by atoms with Gasteiger partial charge in [-0.3, -0.25) is 4.79 Å². The minimum absolute atomic E-state index is 0.148. The summed E-state index contributed by atoms with van der Waals surface area (Å²) in [5.74, 6) is -0.148. The van der Waals surface area contributed by atoms with Crippen molar-refractivity contribution in [2.75, 3.05) is 5.32 Å². The largest absolute Gasteiger partial charge is 0.321 e. The Morgan fingerprint density at radius 2 is 2.05 bits per heavy atom. The van der Waals surface area contributed by atoms with Crippen molar-refractivity contribution in [2.45, 2.75) is 33.1 Å². The van der Waals surface area contributed by atoms with E-state index in [1.165, 1.54) is 29.9 Å². The van der Waals surface area contributed by atoms with Gasteiger partial charge in [0.1, 0.15) is 5.69 Å². The maximum absolute atomic E-state index is 11.9. The molecule has 1 heterocycles. The van der Waals surface area contributed by atoms with Crippen molar-refractivity contribution in [1.82, 2.24) is 4.37 Å². The van der Waals surface area contributed by atoms with Crippen molar-refractivity contribution in [1.29, 1.82) is 0 Å². The van der Waals surface area contributed by atoms with Crippen LogP contribution in [0.5, 0.6) is 0 Å². The van der Waals surface area contributed by atoms with Gasteiger partial charge in [0, 0.05) is 10.6 Å². The summed E-state index contributed by atoms with van der Waals surface area (Å²) >= 11 is 1.34. The van der Waals surface area contributed by atoms with Gasteiger partial charge in [0.25, 0.3) is 5.91 Å². The molecule has 19 heavy (non-hydrogen) atoms. The first-order chi connectivity index (χ1) is 9.19. The summed E-state index contributed by atoms with van der Waals surface area (Å²) in [5.41, 5.74) is 2.61. The number of carbonyl (C=O) groups is 1. The number of anilines is 1. The molecular weight excluding hydrogens is 256 g/mol. The van der Waals surface area contributed by atoms with Gasteiger partial charge in [-0.15, -0.1) is 0 Å². The minimum Gasteiger partial charge on any atom is -0.321 e. The van der Waals surface area contributed by atoms with Crippen molar-refractivity contribution in [2.24, 2.45) is 0 Å². The van der Waals surface area contributed by atoms with Gasteiger partial charge in [-0.2, -0.15) is 4.37 Å². The highest BCUT2D eigenvalue weighted by atomic mass is 32.1. The molecule has 1 aromatic heterocycles. The monoisotopic (exact) mass is 274 g/mol. The summed E-state index contributed by atoms with van der Waals surface area (Å²) < 4.78 is 4.10. The van der Waals surface area contributed by atoms with Gasteiger partial charge in [-0.05, 0) is 55.1 Å². The molecule has 3 nitrogen and oxygen atoms in total. The van der Waals surface area contributed by atoms with Crippen LogP contribution in [0.4, 0.5) is 5.69 Å². The third-order valence-corrected chi connectivity index (χ3v) is 3.59. The van der Waals surface area contributed by atoms with Crippen LogP contribution in [0.1, 0.15) is 40.7 Å². The molecule has 0 radical (unpaired) electrons. The van der Waals surface area contributed by atoms with E-state index < -0.39 is 0 Å². The molecular formula is C15H18N2OS. The van der Waals surface area contributed by atoms with E-state index in [1.54, 1.807) is 6.07 Å². The highest BCUT2D eigenvalue weighted by molar-refractivity contribution is 7.05. The molecule has 0 spiro atoms. The topological polar surface area (TPSA) is 42.0 Å². The number of unbranched alkanes of at least 4 members (excludes halogenated alkanes) is 1. The number of rotatable bonds is 5. The lowest BCUT2D eigenvalue weighted by molar-refractivity contribution is 0.102. The Bertz CT molecular complexity index is 546. The van der Waals surface area contributed by atoms with Crippen molar-refractivity contribution < 1.29 is 4.79 Å².